The van der Waals surface area contributed by atoms with Crippen LogP contribution in [0.5, 0.6) is 5.88 Å². The normalized spacial score (nSPS) is 19.3. The highest BCUT2D eigenvalue weighted by Crippen LogP contribution is 2.30. The Hall–Kier alpha value is -3.94. The van der Waals surface area contributed by atoms with Crippen LogP contribution >= 0.6 is 11.8 Å². The number of amides is 1. The van der Waals surface area contributed by atoms with Gasteiger partial charge in [0.1, 0.15) is 6.61 Å². The fourth-order valence-electron chi connectivity index (χ4n) is 5.31. The van der Waals surface area contributed by atoms with Crippen LogP contribution in [0.1, 0.15) is 63.9 Å². The zero-order valence-corrected chi connectivity index (χ0v) is 28.6. The van der Waals surface area contributed by atoms with E-state index in [2.05, 4.69) is 47.2 Å². The molecule has 2 bridgehead atoms. The quantitative estimate of drug-likeness (QED) is 0.191. The predicted molar refractivity (Wildman–Crippen MR) is 193 cm³/mol. The fraction of sp³-hybridized carbons (Fsp3) is 0.385. The van der Waals surface area contributed by atoms with Crippen molar-refractivity contribution < 1.29 is 19.1 Å². The number of fused-ring (bicyclic) bond motifs is 3. The molecule has 3 aliphatic rings. The second-order valence-corrected chi connectivity index (χ2v) is 12.9. The van der Waals surface area contributed by atoms with E-state index in [4.69, 9.17) is 9.47 Å². The van der Waals surface area contributed by atoms with Crippen LogP contribution in [0.2, 0.25) is 0 Å². The number of rotatable bonds is 6. The number of nitrogens with zero attached hydrogens (tertiary/aromatic N) is 2. The number of aromatic nitrogens is 1. The minimum atomic E-state index is -0.362. The van der Waals surface area contributed by atoms with E-state index in [1.807, 2.05) is 30.4 Å². The Morgan fingerprint density at radius 1 is 1.11 bits per heavy atom. The Bertz CT molecular complexity index is 1550. The maximum Gasteiger partial charge on any atom is 0.256 e. The molecule has 1 amide bonds. The zero-order valence-electron chi connectivity index (χ0n) is 27.8. The maximum absolute atomic E-state index is 13.7. The molecule has 8 heteroatoms. The minimum Gasteiger partial charge on any atom is -0.475 e. The molecule has 1 N–H and O–H groups in total. The first-order valence-electron chi connectivity index (χ1n) is 16.4. The highest BCUT2D eigenvalue weighted by Gasteiger charge is 2.19. The van der Waals surface area contributed by atoms with E-state index in [9.17, 15) is 9.59 Å². The molecule has 0 aromatic carbocycles. The van der Waals surface area contributed by atoms with Gasteiger partial charge >= 0.3 is 0 Å². The van der Waals surface area contributed by atoms with Crippen LogP contribution in [-0.4, -0.2) is 61.5 Å². The third-order valence-corrected chi connectivity index (χ3v) is 8.99. The maximum atomic E-state index is 13.7. The molecule has 1 aliphatic carbocycles. The molecule has 7 nitrogen and oxygen atoms in total. The Morgan fingerprint density at radius 2 is 1.94 bits per heavy atom. The Morgan fingerprint density at radius 3 is 2.77 bits per heavy atom. The topological polar surface area (TPSA) is 80.8 Å². The molecule has 1 aromatic rings. The van der Waals surface area contributed by atoms with Gasteiger partial charge in [-0.25, -0.2) is 4.98 Å². The summed E-state index contributed by atoms with van der Waals surface area (Å²) < 4.78 is 11.4. The number of carbonyl (C=O) groups excluding carboxylic acids is 2. The smallest absolute Gasteiger partial charge is 0.256 e. The van der Waals surface area contributed by atoms with Gasteiger partial charge in [-0.15, -0.1) is 5.73 Å². The molecule has 0 unspecified atom stereocenters. The molecule has 3 heterocycles. The van der Waals surface area contributed by atoms with Crippen molar-refractivity contribution in [2.75, 3.05) is 40.0 Å². The summed E-state index contributed by atoms with van der Waals surface area (Å²) in [6.07, 6.45) is 21.0. The Kier molecular flexibility index (Phi) is 14.5. The van der Waals surface area contributed by atoms with Gasteiger partial charge in [0, 0.05) is 35.8 Å². The molecule has 47 heavy (non-hydrogen) atoms. The van der Waals surface area contributed by atoms with Gasteiger partial charge in [0.15, 0.2) is 5.78 Å². The number of hydrogen-bond acceptors (Lipinski definition) is 7. The van der Waals surface area contributed by atoms with Gasteiger partial charge in [-0.05, 0) is 106 Å². The molecule has 4 rings (SSSR count). The molecule has 0 atom stereocenters. The monoisotopic (exact) mass is 653 g/mol. The molecular weight excluding hydrogens is 607 g/mol. The molecular formula is C39H47N3O4S. The summed E-state index contributed by atoms with van der Waals surface area (Å²) in [6, 6.07) is 3.66. The van der Waals surface area contributed by atoms with Crippen LogP contribution in [0, 0.1) is 0 Å². The van der Waals surface area contributed by atoms with Gasteiger partial charge in [0.2, 0.25) is 5.88 Å². The molecule has 1 aromatic heterocycles. The van der Waals surface area contributed by atoms with Crippen LogP contribution in [-0.2, 0) is 14.3 Å². The fourth-order valence-corrected chi connectivity index (χ4v) is 6.14. The summed E-state index contributed by atoms with van der Waals surface area (Å²) in [5.74, 6) is -0.131. The molecule has 0 saturated carbocycles. The van der Waals surface area contributed by atoms with Crippen molar-refractivity contribution in [2.24, 2.45) is 0 Å². The van der Waals surface area contributed by atoms with E-state index < -0.39 is 0 Å². The van der Waals surface area contributed by atoms with Gasteiger partial charge in [0.25, 0.3) is 5.91 Å². The lowest BCUT2D eigenvalue weighted by atomic mass is 9.97. The van der Waals surface area contributed by atoms with Crippen molar-refractivity contribution in [3.05, 3.63) is 118 Å². The summed E-state index contributed by atoms with van der Waals surface area (Å²) in [5.41, 5.74) is 8.55. The lowest BCUT2D eigenvalue weighted by Crippen LogP contribution is -2.27. The molecule has 0 radical (unpaired) electrons. The number of thioether (sulfide) groups is 1. The number of ketones is 1. The van der Waals surface area contributed by atoms with Gasteiger partial charge in [-0.1, -0.05) is 54.3 Å². The number of pyridine rings is 1. The molecule has 0 fully saturated rings. The summed E-state index contributed by atoms with van der Waals surface area (Å²) in [5, 5.41) is 4.73. The first kappa shape index (κ1) is 35.9. The molecule has 0 saturated heterocycles. The van der Waals surface area contributed by atoms with Crippen molar-refractivity contribution in [1.82, 2.24) is 15.2 Å². The molecule has 248 valence electrons. The minimum absolute atomic E-state index is 0.238. The predicted octanol–water partition coefficient (Wildman–Crippen LogP) is 7.79. The van der Waals surface area contributed by atoms with Crippen LogP contribution in [0.3, 0.4) is 0 Å². The van der Waals surface area contributed by atoms with Gasteiger partial charge < -0.3 is 19.7 Å². The van der Waals surface area contributed by atoms with E-state index in [0.717, 1.165) is 62.1 Å². The number of allylic oxidation sites excluding steroid dienone is 5. The van der Waals surface area contributed by atoms with E-state index in [1.54, 1.807) is 30.2 Å². The van der Waals surface area contributed by atoms with Gasteiger partial charge in [-0.3, -0.25) is 9.59 Å². The first-order chi connectivity index (χ1) is 22.8. The Labute approximate surface area is 284 Å². The number of nitrogens with one attached hydrogen (secondary N) is 1. The average Bonchev–Trinajstić information content (AvgIpc) is 3.26. The van der Waals surface area contributed by atoms with E-state index >= 15 is 0 Å². The van der Waals surface area contributed by atoms with Gasteiger partial charge in [0.05, 0.1) is 24.5 Å². The van der Waals surface area contributed by atoms with Crippen molar-refractivity contribution >= 4 is 28.4 Å². The SMILES string of the molecule is C=C(C)C1=CSC(=C)c2ccnc(c2)OCCOCCC=CC(=O)C2=C=CCC(CCCCC3=CCCN(C)CC3)=CC=C2NC1=O. The summed E-state index contributed by atoms with van der Waals surface area (Å²) >= 11 is 1.32. The average molecular weight is 654 g/mol. The summed E-state index contributed by atoms with van der Waals surface area (Å²) in [4.78, 5) is 34.5. The largest absolute Gasteiger partial charge is 0.475 e. The van der Waals surface area contributed by atoms with Gasteiger partial charge in [-0.2, -0.15) is 0 Å². The first-order valence-corrected chi connectivity index (χ1v) is 17.3. The van der Waals surface area contributed by atoms with Crippen molar-refractivity contribution in [2.45, 2.75) is 58.3 Å². The molecule has 2 aliphatic heterocycles. The lowest BCUT2D eigenvalue weighted by molar-refractivity contribution is -0.116. The van der Waals surface area contributed by atoms with Crippen LogP contribution in [0.25, 0.3) is 4.91 Å². The van der Waals surface area contributed by atoms with Crippen molar-refractivity contribution in [3.63, 3.8) is 0 Å². The van der Waals surface area contributed by atoms with E-state index in [0.29, 0.717) is 61.0 Å². The standard InChI is InChI=1S/C39H47N3O4S/c1-29(2)35-28-47-30(3)33-19-21-40-38(27-33)46-26-25-45-24-8-7-16-37(43)34-15-9-13-31(17-18-36(34)41-39(35)44)11-5-6-12-32-14-10-22-42(4)23-20-32/h7,9,14,16-19,21,27-28H,1,3,5-6,8,10-13,20,22-26H2,2,4H3,(H,41,44). The van der Waals surface area contributed by atoms with E-state index in [-0.39, 0.29) is 11.7 Å². The third-order valence-electron chi connectivity index (χ3n) is 8.12. The summed E-state index contributed by atoms with van der Waals surface area (Å²) in [7, 11) is 2.19. The Balaban J connectivity index is 1.53. The van der Waals surface area contributed by atoms with Crippen LogP contribution < -0.4 is 10.1 Å². The number of carbonyl (C=O) groups is 2. The highest BCUT2D eigenvalue weighted by atomic mass is 32.2. The highest BCUT2D eigenvalue weighted by molar-refractivity contribution is 8.10. The van der Waals surface area contributed by atoms with Crippen LogP contribution in [0.4, 0.5) is 0 Å². The van der Waals surface area contributed by atoms with Crippen LogP contribution in [0.15, 0.2) is 113 Å². The molecule has 0 spiro atoms. The third kappa shape index (κ3) is 12.0. The van der Waals surface area contributed by atoms with Crippen molar-refractivity contribution in [3.8, 4) is 5.88 Å². The summed E-state index contributed by atoms with van der Waals surface area (Å²) in [6.45, 7) is 13.5. The van der Waals surface area contributed by atoms with Crippen molar-refractivity contribution in [1.29, 1.82) is 0 Å². The van der Waals surface area contributed by atoms with E-state index in [1.165, 1.54) is 23.4 Å². The number of unbranched alkanes of at least 4 members (excludes halogenated alkanes) is 1. The number of ether oxygens (including phenoxy) is 2. The lowest BCUT2D eigenvalue weighted by Gasteiger charge is -2.15. The second kappa shape index (κ2) is 19.0. The number of hydrogen-bond donors (Lipinski definition) is 1. The zero-order chi connectivity index (χ0) is 33.4. The second-order valence-electron chi connectivity index (χ2n) is 12.0.